The van der Waals surface area contributed by atoms with Crippen LogP contribution in [0.5, 0.6) is 5.75 Å². The van der Waals surface area contributed by atoms with Crippen molar-refractivity contribution in [3.63, 3.8) is 0 Å². The van der Waals surface area contributed by atoms with Crippen LogP contribution in [-0.4, -0.2) is 22.6 Å². The summed E-state index contributed by atoms with van der Waals surface area (Å²) in [5.74, 6) is 0.661. The molecular weight excluding hydrogens is 416 g/mol. The van der Waals surface area contributed by atoms with Gasteiger partial charge in [0.25, 0.3) is 0 Å². The van der Waals surface area contributed by atoms with Crippen LogP contribution < -0.4 is 10.1 Å². The number of carbonyl (C=O) groups is 1. The van der Waals surface area contributed by atoms with Gasteiger partial charge in [-0.1, -0.05) is 35.9 Å². The molecule has 1 N–H and O–H groups in total. The zero-order chi connectivity index (χ0) is 19.7. The van der Waals surface area contributed by atoms with Gasteiger partial charge >= 0.3 is 0 Å². The van der Waals surface area contributed by atoms with E-state index < -0.39 is 16.6 Å². The SMILES string of the molecule is COc1ccc(C2(C(=O)Nc3ncc([S+]([O-])c4ccccc4Cl)s3)CC2)cc1. The summed E-state index contributed by atoms with van der Waals surface area (Å²) >= 11 is 5.89. The minimum Gasteiger partial charge on any atom is -0.606 e. The van der Waals surface area contributed by atoms with Crippen LogP contribution in [0.1, 0.15) is 18.4 Å². The van der Waals surface area contributed by atoms with Crippen molar-refractivity contribution in [2.24, 2.45) is 0 Å². The molecule has 1 amide bonds. The number of rotatable bonds is 6. The summed E-state index contributed by atoms with van der Waals surface area (Å²) < 4.78 is 18.5. The Morgan fingerprint density at radius 1 is 1.25 bits per heavy atom. The Labute approximate surface area is 174 Å². The summed E-state index contributed by atoms with van der Waals surface area (Å²) in [5, 5.41) is 3.75. The third-order valence-electron chi connectivity index (χ3n) is 4.75. The van der Waals surface area contributed by atoms with E-state index in [2.05, 4.69) is 10.3 Å². The monoisotopic (exact) mass is 432 g/mol. The topological polar surface area (TPSA) is 74.3 Å². The first-order chi connectivity index (χ1) is 13.5. The fourth-order valence-corrected chi connectivity index (χ4v) is 5.52. The molecule has 1 aromatic heterocycles. The number of carbonyl (C=O) groups excluding carboxylic acids is 1. The summed E-state index contributed by atoms with van der Waals surface area (Å²) in [7, 11) is 1.61. The highest BCUT2D eigenvalue weighted by atomic mass is 35.5. The number of amides is 1. The van der Waals surface area contributed by atoms with Crippen LogP contribution in [0, 0.1) is 0 Å². The molecular formula is C20H17ClN2O3S2. The first-order valence-corrected chi connectivity index (χ1v) is 11.0. The number of methoxy groups -OCH3 is 1. The molecule has 0 aliphatic heterocycles. The predicted octanol–water partition coefficient (Wildman–Crippen LogP) is 4.64. The van der Waals surface area contributed by atoms with Crippen LogP contribution in [0.4, 0.5) is 5.13 Å². The molecule has 8 heteroatoms. The lowest BCUT2D eigenvalue weighted by Gasteiger charge is -2.15. The van der Waals surface area contributed by atoms with Crippen molar-refractivity contribution in [2.75, 3.05) is 12.4 Å². The molecule has 0 bridgehead atoms. The number of nitrogens with zero attached hydrogens (tertiary/aromatic N) is 1. The van der Waals surface area contributed by atoms with Gasteiger partial charge in [0.1, 0.15) is 5.75 Å². The van der Waals surface area contributed by atoms with Crippen molar-refractivity contribution in [3.8, 4) is 5.75 Å². The first-order valence-electron chi connectivity index (χ1n) is 8.61. The molecule has 2 aromatic carbocycles. The van der Waals surface area contributed by atoms with Crippen molar-refractivity contribution in [1.82, 2.24) is 4.98 Å². The van der Waals surface area contributed by atoms with E-state index in [1.165, 1.54) is 17.5 Å². The third-order valence-corrected chi connectivity index (χ3v) is 7.83. The molecule has 4 rings (SSSR count). The standard InChI is InChI=1S/C20H17ClN2O3S2/c1-26-14-8-6-13(7-9-14)20(10-11-20)18(24)23-19-22-12-17(27-19)28(25)16-5-3-2-4-15(16)21/h2-9,12H,10-11H2,1H3,(H,22,23,24). The van der Waals surface area contributed by atoms with Gasteiger partial charge in [0, 0.05) is 11.2 Å². The van der Waals surface area contributed by atoms with Crippen molar-refractivity contribution >= 4 is 45.2 Å². The molecule has 0 spiro atoms. The van der Waals surface area contributed by atoms with E-state index >= 15 is 0 Å². The van der Waals surface area contributed by atoms with Gasteiger partial charge in [-0.3, -0.25) is 4.79 Å². The highest BCUT2D eigenvalue weighted by molar-refractivity contribution is 7.93. The number of nitrogens with one attached hydrogen (secondary N) is 1. The molecule has 3 aromatic rings. The van der Waals surface area contributed by atoms with Crippen LogP contribution in [0.15, 0.2) is 63.8 Å². The van der Waals surface area contributed by atoms with Crippen LogP contribution in [0.2, 0.25) is 5.02 Å². The molecule has 1 aliphatic carbocycles. The van der Waals surface area contributed by atoms with Gasteiger partial charge < -0.3 is 14.6 Å². The fourth-order valence-electron chi connectivity index (χ4n) is 3.00. The third kappa shape index (κ3) is 3.63. The Morgan fingerprint density at radius 2 is 1.96 bits per heavy atom. The lowest BCUT2D eigenvalue weighted by molar-refractivity contribution is -0.118. The van der Waals surface area contributed by atoms with Crippen molar-refractivity contribution in [2.45, 2.75) is 27.4 Å². The van der Waals surface area contributed by atoms with Crippen molar-refractivity contribution < 1.29 is 14.1 Å². The maximum absolute atomic E-state index is 12.9. The summed E-state index contributed by atoms with van der Waals surface area (Å²) in [6.45, 7) is 0. The molecule has 1 saturated carbocycles. The average molecular weight is 433 g/mol. The van der Waals surface area contributed by atoms with Gasteiger partial charge in [-0.15, -0.1) is 0 Å². The van der Waals surface area contributed by atoms with Crippen molar-refractivity contribution in [3.05, 3.63) is 65.3 Å². The zero-order valence-electron chi connectivity index (χ0n) is 15.0. The molecule has 1 aliphatic rings. The summed E-state index contributed by atoms with van der Waals surface area (Å²) in [6.07, 6.45) is 3.09. The maximum Gasteiger partial charge on any atom is 0.236 e. The molecule has 28 heavy (non-hydrogen) atoms. The van der Waals surface area contributed by atoms with Gasteiger partial charge in [0.05, 0.1) is 23.7 Å². The van der Waals surface area contributed by atoms with E-state index in [1.807, 2.05) is 24.3 Å². The van der Waals surface area contributed by atoms with E-state index in [4.69, 9.17) is 16.3 Å². The normalized spacial score (nSPS) is 15.7. The molecule has 144 valence electrons. The minimum atomic E-state index is -1.44. The van der Waals surface area contributed by atoms with E-state index in [9.17, 15) is 9.35 Å². The Hall–Kier alpha value is -2.06. The quantitative estimate of drug-likeness (QED) is 0.575. The lowest BCUT2D eigenvalue weighted by Crippen LogP contribution is -2.27. The molecule has 1 unspecified atom stereocenters. The number of thiazole rings is 1. The number of aromatic nitrogens is 1. The average Bonchev–Trinajstić information content (AvgIpc) is 3.41. The second-order valence-electron chi connectivity index (χ2n) is 6.45. The number of anilines is 1. The first kappa shape index (κ1) is 19.3. The van der Waals surface area contributed by atoms with E-state index in [-0.39, 0.29) is 5.91 Å². The van der Waals surface area contributed by atoms with Gasteiger partial charge in [0.15, 0.2) is 10.0 Å². The Bertz CT molecular complexity index is 1000. The number of hydrogen-bond donors (Lipinski definition) is 1. The van der Waals surface area contributed by atoms with Crippen LogP contribution >= 0.6 is 22.9 Å². The van der Waals surface area contributed by atoms with Crippen LogP contribution in [0.25, 0.3) is 0 Å². The molecule has 1 heterocycles. The predicted molar refractivity (Wildman–Crippen MR) is 111 cm³/mol. The number of benzene rings is 2. The molecule has 5 nitrogen and oxygen atoms in total. The van der Waals surface area contributed by atoms with Crippen molar-refractivity contribution in [1.29, 1.82) is 0 Å². The molecule has 1 fully saturated rings. The summed E-state index contributed by atoms with van der Waals surface area (Å²) in [4.78, 5) is 17.6. The smallest absolute Gasteiger partial charge is 0.236 e. The minimum absolute atomic E-state index is 0.0953. The molecule has 1 atom stereocenters. The second-order valence-corrected chi connectivity index (χ2v) is 9.56. The van der Waals surface area contributed by atoms with Gasteiger partial charge in [-0.2, -0.15) is 0 Å². The summed E-state index contributed by atoms with van der Waals surface area (Å²) in [6, 6.07) is 14.6. The number of ether oxygens (including phenoxy) is 1. The van der Waals surface area contributed by atoms with E-state index in [0.717, 1.165) is 24.2 Å². The zero-order valence-corrected chi connectivity index (χ0v) is 17.4. The maximum atomic E-state index is 12.9. The molecule has 0 radical (unpaired) electrons. The van der Waals surface area contributed by atoms with Gasteiger partial charge in [-0.05, 0) is 54.0 Å². The lowest BCUT2D eigenvalue weighted by atomic mass is 9.95. The number of halogens is 1. The highest BCUT2D eigenvalue weighted by Crippen LogP contribution is 2.49. The Morgan fingerprint density at radius 3 is 2.61 bits per heavy atom. The highest BCUT2D eigenvalue weighted by Gasteiger charge is 2.51. The number of hydrogen-bond acceptors (Lipinski definition) is 5. The van der Waals surface area contributed by atoms with Crippen LogP contribution in [-0.2, 0) is 21.4 Å². The van der Waals surface area contributed by atoms with Gasteiger partial charge in [-0.25, -0.2) is 4.98 Å². The van der Waals surface area contributed by atoms with Gasteiger partial charge in [0.2, 0.25) is 10.1 Å². The molecule has 0 saturated heterocycles. The Balaban J connectivity index is 1.49. The van der Waals surface area contributed by atoms with E-state index in [1.54, 1.807) is 31.4 Å². The van der Waals surface area contributed by atoms with E-state index in [0.29, 0.717) is 19.3 Å². The largest absolute Gasteiger partial charge is 0.606 e. The summed E-state index contributed by atoms with van der Waals surface area (Å²) in [5.41, 5.74) is 0.433. The van der Waals surface area contributed by atoms with Crippen LogP contribution in [0.3, 0.4) is 0 Å². The second kappa shape index (κ2) is 7.75. The fraction of sp³-hybridized carbons (Fsp3) is 0.200. The Kier molecular flexibility index (Phi) is 5.33.